The van der Waals surface area contributed by atoms with Gasteiger partial charge in [0.15, 0.2) is 6.61 Å². The van der Waals surface area contributed by atoms with Gasteiger partial charge < -0.3 is 10.1 Å². The normalized spacial score (nSPS) is 13.6. The molecule has 8 heteroatoms. The first-order valence-electron chi connectivity index (χ1n) is 10.5. The molecule has 1 N–H and O–H groups in total. The molecule has 1 aliphatic heterocycles. The molecule has 0 spiro atoms. The smallest absolute Gasteiger partial charge is 0.339 e. The van der Waals surface area contributed by atoms with Crippen LogP contribution in [0.2, 0.25) is 10.0 Å². The van der Waals surface area contributed by atoms with Gasteiger partial charge in [-0.2, -0.15) is 0 Å². The number of pyridine rings is 1. The highest BCUT2D eigenvalue weighted by Gasteiger charge is 2.26. The van der Waals surface area contributed by atoms with Gasteiger partial charge in [-0.1, -0.05) is 48.3 Å². The summed E-state index contributed by atoms with van der Waals surface area (Å²) in [7, 11) is 0. The fourth-order valence-corrected chi connectivity index (χ4v) is 4.42. The fourth-order valence-electron chi connectivity index (χ4n) is 3.97. The number of hydrogen-bond acceptors (Lipinski definition) is 5. The predicted molar refractivity (Wildman–Crippen MR) is 126 cm³/mol. The number of fused-ring (bicyclic) bond motifs is 2. The molecule has 32 heavy (non-hydrogen) atoms. The summed E-state index contributed by atoms with van der Waals surface area (Å²) in [5, 5.41) is 4.14. The summed E-state index contributed by atoms with van der Waals surface area (Å²) in [5.41, 5.74) is 3.44. The Hall–Kier alpha value is -2.67. The summed E-state index contributed by atoms with van der Waals surface area (Å²) in [6, 6.07) is 12.3. The molecule has 1 aliphatic rings. The number of nitrogens with one attached hydrogen (secondary N) is 1. The Balaban J connectivity index is 1.56. The molecule has 0 saturated heterocycles. The van der Waals surface area contributed by atoms with E-state index < -0.39 is 18.5 Å². The average molecular weight is 472 g/mol. The minimum Gasteiger partial charge on any atom is -0.452 e. The lowest BCUT2D eigenvalue weighted by molar-refractivity contribution is -0.119. The first kappa shape index (κ1) is 22.5. The number of nitrogens with zero attached hydrogens (tertiary/aromatic N) is 2. The molecule has 1 aromatic heterocycles. The van der Waals surface area contributed by atoms with E-state index in [1.807, 2.05) is 24.3 Å². The van der Waals surface area contributed by atoms with Gasteiger partial charge in [-0.15, -0.1) is 0 Å². The number of rotatable bonds is 6. The number of ether oxygens (including phenoxy) is 1. The maximum Gasteiger partial charge on any atom is 0.339 e. The van der Waals surface area contributed by atoms with Gasteiger partial charge in [-0.05, 0) is 37.2 Å². The van der Waals surface area contributed by atoms with E-state index in [1.165, 1.54) is 6.07 Å². The summed E-state index contributed by atoms with van der Waals surface area (Å²) in [4.78, 5) is 32.6. The van der Waals surface area contributed by atoms with Crippen LogP contribution < -0.4 is 5.32 Å². The molecule has 2 aromatic carbocycles. The quantitative estimate of drug-likeness (QED) is 0.506. The highest BCUT2D eigenvalue weighted by molar-refractivity contribution is 6.36. The van der Waals surface area contributed by atoms with Crippen LogP contribution in [0.4, 0.5) is 5.69 Å². The number of halogens is 2. The molecule has 0 atom stereocenters. The molecular formula is C24H23Cl2N3O3. The second kappa shape index (κ2) is 9.86. The first-order valence-corrected chi connectivity index (χ1v) is 11.3. The van der Waals surface area contributed by atoms with Crippen LogP contribution in [0.5, 0.6) is 0 Å². The van der Waals surface area contributed by atoms with E-state index >= 15 is 0 Å². The van der Waals surface area contributed by atoms with Gasteiger partial charge >= 0.3 is 5.97 Å². The molecule has 6 nitrogen and oxygen atoms in total. The van der Waals surface area contributed by atoms with Gasteiger partial charge in [0, 0.05) is 41.2 Å². The van der Waals surface area contributed by atoms with E-state index in [9.17, 15) is 9.59 Å². The number of esters is 1. The van der Waals surface area contributed by atoms with Crippen molar-refractivity contribution in [1.82, 2.24) is 9.88 Å². The van der Waals surface area contributed by atoms with Crippen molar-refractivity contribution >= 4 is 51.7 Å². The highest BCUT2D eigenvalue weighted by atomic mass is 35.5. The zero-order valence-electron chi connectivity index (χ0n) is 17.7. The summed E-state index contributed by atoms with van der Waals surface area (Å²) < 4.78 is 5.43. The number of aromatic nitrogens is 1. The number of anilines is 1. The van der Waals surface area contributed by atoms with Crippen molar-refractivity contribution < 1.29 is 14.3 Å². The summed E-state index contributed by atoms with van der Waals surface area (Å²) in [6.45, 7) is 4.20. The van der Waals surface area contributed by atoms with Crippen molar-refractivity contribution in [2.75, 3.05) is 25.0 Å². The lowest BCUT2D eigenvalue weighted by atomic mass is 9.95. The van der Waals surface area contributed by atoms with Crippen LogP contribution in [0.15, 0.2) is 42.5 Å². The lowest BCUT2D eigenvalue weighted by Crippen LogP contribution is -2.33. The topological polar surface area (TPSA) is 71.5 Å². The van der Waals surface area contributed by atoms with E-state index in [0.29, 0.717) is 27.8 Å². The second-order valence-corrected chi connectivity index (χ2v) is 8.55. The minimum atomic E-state index is -0.532. The SMILES string of the molecule is CCCN1CCc2nc3ccccc3c(C(=O)OCC(=O)Nc3ccc(Cl)cc3Cl)c2C1. The zero-order valence-corrected chi connectivity index (χ0v) is 19.2. The number of benzene rings is 2. The van der Waals surface area contributed by atoms with Crippen LogP contribution in [0.3, 0.4) is 0 Å². The number of carbonyl (C=O) groups excluding carboxylic acids is 2. The van der Waals surface area contributed by atoms with E-state index in [1.54, 1.807) is 12.1 Å². The Morgan fingerprint density at radius 2 is 2.00 bits per heavy atom. The molecule has 0 saturated carbocycles. The Morgan fingerprint density at radius 3 is 2.78 bits per heavy atom. The maximum absolute atomic E-state index is 13.2. The van der Waals surface area contributed by atoms with E-state index in [4.69, 9.17) is 32.9 Å². The molecule has 4 rings (SSSR count). The van der Waals surface area contributed by atoms with Crippen molar-refractivity contribution in [3.63, 3.8) is 0 Å². The molecule has 0 aliphatic carbocycles. The van der Waals surface area contributed by atoms with Crippen molar-refractivity contribution in [2.24, 2.45) is 0 Å². The van der Waals surface area contributed by atoms with Gasteiger partial charge in [-0.25, -0.2) is 4.79 Å². The van der Waals surface area contributed by atoms with E-state index in [0.717, 1.165) is 48.1 Å². The second-order valence-electron chi connectivity index (χ2n) is 7.70. The Labute approximate surface area is 196 Å². The predicted octanol–water partition coefficient (Wildman–Crippen LogP) is 5.11. The standard InChI is InChI=1S/C24H23Cl2N3O3/c1-2-10-29-11-9-20-17(13-29)23(16-5-3-4-6-19(16)27-20)24(31)32-14-22(30)28-21-8-7-15(25)12-18(21)26/h3-8,12H,2,9-11,13-14H2,1H3,(H,28,30). The Morgan fingerprint density at radius 1 is 1.19 bits per heavy atom. The van der Waals surface area contributed by atoms with Crippen LogP contribution in [-0.2, 0) is 22.5 Å². The molecule has 2 heterocycles. The van der Waals surface area contributed by atoms with E-state index in [-0.39, 0.29) is 0 Å². The average Bonchev–Trinajstić information content (AvgIpc) is 2.78. The Bertz CT molecular complexity index is 1180. The molecule has 0 fully saturated rings. The molecule has 1 amide bonds. The van der Waals surface area contributed by atoms with Crippen molar-refractivity contribution in [3.05, 3.63) is 69.3 Å². The number of para-hydroxylation sites is 1. The molecule has 0 bridgehead atoms. The maximum atomic E-state index is 13.2. The van der Waals surface area contributed by atoms with Crippen molar-refractivity contribution in [1.29, 1.82) is 0 Å². The van der Waals surface area contributed by atoms with Crippen LogP contribution in [0, 0.1) is 0 Å². The Kier molecular flexibility index (Phi) is 6.94. The highest BCUT2D eigenvalue weighted by Crippen LogP contribution is 2.29. The molecule has 0 radical (unpaired) electrons. The molecule has 3 aromatic rings. The molecule has 0 unspecified atom stereocenters. The lowest BCUT2D eigenvalue weighted by Gasteiger charge is -2.29. The van der Waals surface area contributed by atoms with Crippen molar-refractivity contribution in [2.45, 2.75) is 26.3 Å². The third kappa shape index (κ3) is 4.88. The number of hydrogen-bond donors (Lipinski definition) is 1. The van der Waals surface area contributed by atoms with E-state index in [2.05, 4.69) is 17.1 Å². The van der Waals surface area contributed by atoms with Gasteiger partial charge in [-0.3, -0.25) is 14.7 Å². The van der Waals surface area contributed by atoms with Gasteiger partial charge in [0.25, 0.3) is 5.91 Å². The number of amides is 1. The summed E-state index contributed by atoms with van der Waals surface area (Å²) >= 11 is 12.0. The fraction of sp³-hybridized carbons (Fsp3) is 0.292. The van der Waals surface area contributed by atoms with Gasteiger partial charge in [0.2, 0.25) is 0 Å². The third-order valence-corrected chi connectivity index (χ3v) is 5.96. The van der Waals surface area contributed by atoms with Crippen LogP contribution in [0.1, 0.15) is 35.0 Å². The summed E-state index contributed by atoms with van der Waals surface area (Å²) in [6.07, 6.45) is 1.81. The third-order valence-electron chi connectivity index (χ3n) is 5.41. The largest absolute Gasteiger partial charge is 0.452 e. The van der Waals surface area contributed by atoms with Crippen LogP contribution >= 0.6 is 23.2 Å². The van der Waals surface area contributed by atoms with Crippen molar-refractivity contribution in [3.8, 4) is 0 Å². The van der Waals surface area contributed by atoms with Gasteiger partial charge in [0.1, 0.15) is 0 Å². The van der Waals surface area contributed by atoms with Crippen LogP contribution in [0.25, 0.3) is 10.9 Å². The molecular weight excluding hydrogens is 449 g/mol. The molecule has 166 valence electrons. The van der Waals surface area contributed by atoms with Crippen LogP contribution in [-0.4, -0.2) is 41.5 Å². The zero-order chi connectivity index (χ0) is 22.7. The minimum absolute atomic E-state index is 0.308. The van der Waals surface area contributed by atoms with Gasteiger partial charge in [0.05, 0.1) is 21.8 Å². The number of carbonyl (C=O) groups is 2. The first-order chi connectivity index (χ1) is 15.5. The monoisotopic (exact) mass is 471 g/mol. The summed E-state index contributed by atoms with van der Waals surface area (Å²) in [5.74, 6) is -1.02.